The maximum Gasteiger partial charge on any atom is 0.343 e. The molecular weight excluding hydrogens is 499 g/mol. The van der Waals surface area contributed by atoms with Gasteiger partial charge in [-0.25, -0.2) is 14.2 Å². The predicted octanol–water partition coefficient (Wildman–Crippen LogP) is 6.31. The molecule has 0 aliphatic rings. The molecule has 208 valence electrons. The van der Waals surface area contributed by atoms with Crippen LogP contribution in [0.2, 0.25) is 0 Å². The van der Waals surface area contributed by atoms with Gasteiger partial charge in [-0.1, -0.05) is 19.1 Å². The molecule has 0 spiro atoms. The van der Waals surface area contributed by atoms with Crippen molar-refractivity contribution in [2.45, 2.75) is 66.6 Å². The molecule has 1 N–H and O–H groups in total. The van der Waals surface area contributed by atoms with E-state index in [1.165, 1.54) is 7.11 Å². The van der Waals surface area contributed by atoms with Gasteiger partial charge in [0, 0.05) is 30.3 Å². The van der Waals surface area contributed by atoms with Crippen molar-refractivity contribution in [3.63, 3.8) is 0 Å². The number of aliphatic carboxylic acids is 1. The van der Waals surface area contributed by atoms with Gasteiger partial charge in [0.2, 0.25) is 5.88 Å². The second-order valence-electron chi connectivity index (χ2n) is 10.4. The van der Waals surface area contributed by atoms with Crippen molar-refractivity contribution in [1.29, 1.82) is 0 Å². The Morgan fingerprint density at radius 1 is 1.03 bits per heavy atom. The van der Waals surface area contributed by atoms with Crippen LogP contribution in [-0.2, 0) is 17.8 Å². The highest BCUT2D eigenvalue weighted by molar-refractivity contribution is 5.91. The second-order valence-corrected chi connectivity index (χ2v) is 10.4. The Morgan fingerprint density at radius 2 is 1.72 bits per heavy atom. The number of carbonyl (C=O) groups excluding carboxylic acids is 1. The van der Waals surface area contributed by atoms with E-state index in [0.29, 0.717) is 46.8 Å². The van der Waals surface area contributed by atoms with Crippen molar-refractivity contribution in [2.75, 3.05) is 7.11 Å². The van der Waals surface area contributed by atoms with Crippen molar-refractivity contribution < 1.29 is 28.6 Å². The largest absolute Gasteiger partial charge is 0.481 e. The molecule has 0 aliphatic heterocycles. The summed E-state index contributed by atoms with van der Waals surface area (Å²) in [6, 6.07) is 12.4. The Kier molecular flexibility index (Phi) is 9.81. The van der Waals surface area contributed by atoms with E-state index in [-0.39, 0.29) is 12.1 Å². The van der Waals surface area contributed by atoms with Crippen LogP contribution >= 0.6 is 0 Å². The SMILES string of the molecule is COc1cc(-c2cc(C)c(OC(=O)c3cccc(C[C@H](C)C(=O)O)c3)cc2CN(C(C)C)C(C)C)c(F)cn1. The highest BCUT2D eigenvalue weighted by atomic mass is 19.1. The average Bonchev–Trinajstić information content (AvgIpc) is 2.88. The van der Waals surface area contributed by atoms with Gasteiger partial charge in [-0.05, 0) is 87.6 Å². The van der Waals surface area contributed by atoms with Gasteiger partial charge in [-0.2, -0.15) is 0 Å². The quantitative estimate of drug-likeness (QED) is 0.227. The summed E-state index contributed by atoms with van der Waals surface area (Å²) in [5.74, 6) is -1.83. The number of esters is 1. The fourth-order valence-corrected chi connectivity index (χ4v) is 4.54. The number of hydrogen-bond donors (Lipinski definition) is 1. The molecule has 3 aromatic rings. The monoisotopic (exact) mass is 536 g/mol. The number of nitrogens with zero attached hydrogens (tertiary/aromatic N) is 2. The van der Waals surface area contributed by atoms with E-state index in [9.17, 15) is 14.7 Å². The van der Waals surface area contributed by atoms with Crippen LogP contribution in [0.3, 0.4) is 0 Å². The number of carboxylic acids is 1. The number of halogens is 1. The highest BCUT2D eigenvalue weighted by Crippen LogP contribution is 2.35. The molecule has 1 atom stereocenters. The fourth-order valence-electron chi connectivity index (χ4n) is 4.54. The standard InChI is InChI=1S/C31H37FN2O5/c1-18(2)34(19(3)4)17-24-14-28(20(5)12-25(24)26-15-29(38-7)33-16-27(26)32)39-31(37)23-10-8-9-22(13-23)11-21(6)30(35)36/h8-10,12-16,18-19,21H,11,17H2,1-7H3,(H,35,36)/t21-/m0/s1. The van der Waals surface area contributed by atoms with Crippen LogP contribution in [-0.4, -0.2) is 46.1 Å². The number of benzene rings is 2. The lowest BCUT2D eigenvalue weighted by Gasteiger charge is -2.31. The van der Waals surface area contributed by atoms with Crippen molar-refractivity contribution in [3.05, 3.63) is 76.7 Å². The first-order chi connectivity index (χ1) is 18.4. The lowest BCUT2D eigenvalue weighted by molar-refractivity contribution is -0.141. The predicted molar refractivity (Wildman–Crippen MR) is 149 cm³/mol. The summed E-state index contributed by atoms with van der Waals surface area (Å²) in [6.45, 7) is 12.3. The number of hydrogen-bond acceptors (Lipinski definition) is 6. The fraction of sp³-hybridized carbons (Fsp3) is 0.387. The summed E-state index contributed by atoms with van der Waals surface area (Å²) in [5, 5.41) is 9.23. The zero-order valence-electron chi connectivity index (χ0n) is 23.6. The molecule has 0 radical (unpaired) electrons. The van der Waals surface area contributed by atoms with Crippen LogP contribution in [0, 0.1) is 18.7 Å². The molecule has 39 heavy (non-hydrogen) atoms. The van der Waals surface area contributed by atoms with Crippen LogP contribution < -0.4 is 9.47 Å². The summed E-state index contributed by atoms with van der Waals surface area (Å²) in [7, 11) is 1.48. The number of rotatable bonds is 11. The van der Waals surface area contributed by atoms with Gasteiger partial charge in [0.25, 0.3) is 0 Å². The molecule has 1 aromatic heterocycles. The maximum atomic E-state index is 15.0. The molecule has 8 heteroatoms. The first kappa shape index (κ1) is 29.8. The first-order valence-electron chi connectivity index (χ1n) is 13.0. The molecule has 0 amide bonds. The highest BCUT2D eigenvalue weighted by Gasteiger charge is 2.22. The number of aryl methyl sites for hydroxylation is 1. The van der Waals surface area contributed by atoms with Crippen molar-refractivity contribution in [3.8, 4) is 22.8 Å². The van der Waals surface area contributed by atoms with E-state index in [2.05, 4.69) is 37.6 Å². The topological polar surface area (TPSA) is 89.0 Å². The van der Waals surface area contributed by atoms with Crippen molar-refractivity contribution in [1.82, 2.24) is 9.88 Å². The van der Waals surface area contributed by atoms with Gasteiger partial charge in [-0.15, -0.1) is 0 Å². The van der Waals surface area contributed by atoms with E-state index >= 15 is 4.39 Å². The van der Waals surface area contributed by atoms with Gasteiger partial charge >= 0.3 is 11.9 Å². The van der Waals surface area contributed by atoms with Crippen LogP contribution in [0.4, 0.5) is 4.39 Å². The Labute approximate surface area is 229 Å². The summed E-state index contributed by atoms with van der Waals surface area (Å²) in [4.78, 5) is 30.6. The molecule has 7 nitrogen and oxygen atoms in total. The van der Waals surface area contributed by atoms with Crippen molar-refractivity contribution >= 4 is 11.9 Å². The molecule has 0 saturated heterocycles. The minimum absolute atomic E-state index is 0.220. The molecule has 0 bridgehead atoms. The summed E-state index contributed by atoms with van der Waals surface area (Å²) in [6.07, 6.45) is 1.44. The first-order valence-corrected chi connectivity index (χ1v) is 13.0. The lowest BCUT2D eigenvalue weighted by atomic mass is 9.96. The Balaban J connectivity index is 2.03. The van der Waals surface area contributed by atoms with Gasteiger partial charge in [0.1, 0.15) is 11.6 Å². The third-order valence-electron chi connectivity index (χ3n) is 6.74. The summed E-state index contributed by atoms with van der Waals surface area (Å²) < 4.78 is 26.1. The minimum Gasteiger partial charge on any atom is -0.481 e. The van der Waals surface area contributed by atoms with Gasteiger partial charge in [0.15, 0.2) is 0 Å². The molecule has 0 aliphatic carbocycles. The zero-order chi connectivity index (χ0) is 28.9. The molecule has 0 saturated carbocycles. The number of methoxy groups -OCH3 is 1. The zero-order valence-corrected chi connectivity index (χ0v) is 23.6. The Hall–Kier alpha value is -3.78. The average molecular weight is 537 g/mol. The lowest BCUT2D eigenvalue weighted by Crippen LogP contribution is -2.36. The number of carbonyl (C=O) groups is 2. The van der Waals surface area contributed by atoms with E-state index in [1.54, 1.807) is 50.2 Å². The van der Waals surface area contributed by atoms with E-state index in [1.807, 2.05) is 6.07 Å². The second kappa shape index (κ2) is 12.8. The minimum atomic E-state index is -0.897. The molecule has 0 fully saturated rings. The smallest absolute Gasteiger partial charge is 0.343 e. The van der Waals surface area contributed by atoms with Crippen molar-refractivity contribution in [2.24, 2.45) is 5.92 Å². The van der Waals surface area contributed by atoms with Crippen LogP contribution in [0.25, 0.3) is 11.1 Å². The Morgan fingerprint density at radius 3 is 2.33 bits per heavy atom. The summed E-state index contributed by atoms with van der Waals surface area (Å²) in [5.41, 5.74) is 3.53. The van der Waals surface area contributed by atoms with E-state index in [0.717, 1.165) is 17.3 Å². The molecule has 0 unspecified atom stereocenters. The molecule has 1 heterocycles. The third kappa shape index (κ3) is 7.41. The van der Waals surface area contributed by atoms with Crippen LogP contribution in [0.15, 0.2) is 48.7 Å². The van der Waals surface area contributed by atoms with Crippen LogP contribution in [0.5, 0.6) is 11.6 Å². The number of ether oxygens (including phenoxy) is 2. The van der Waals surface area contributed by atoms with Gasteiger partial charge in [0.05, 0.1) is 24.8 Å². The number of pyridine rings is 1. The summed E-state index contributed by atoms with van der Waals surface area (Å²) >= 11 is 0. The van der Waals surface area contributed by atoms with Gasteiger partial charge in [-0.3, -0.25) is 9.69 Å². The molecule has 3 rings (SSSR count). The number of carboxylic acid groups (broad SMARTS) is 1. The Bertz CT molecular complexity index is 1330. The number of aromatic nitrogens is 1. The maximum absolute atomic E-state index is 15.0. The van der Waals surface area contributed by atoms with Gasteiger partial charge < -0.3 is 14.6 Å². The van der Waals surface area contributed by atoms with E-state index in [4.69, 9.17) is 9.47 Å². The normalized spacial score (nSPS) is 12.2. The van der Waals surface area contributed by atoms with Crippen LogP contribution in [0.1, 0.15) is 61.7 Å². The molecular formula is C31H37FN2O5. The third-order valence-corrected chi connectivity index (χ3v) is 6.74. The molecule has 2 aromatic carbocycles. The van der Waals surface area contributed by atoms with E-state index < -0.39 is 23.7 Å².